The summed E-state index contributed by atoms with van der Waals surface area (Å²) >= 11 is 0. The molecule has 0 heterocycles. The zero-order valence-corrected chi connectivity index (χ0v) is 14.4. The van der Waals surface area contributed by atoms with Crippen molar-refractivity contribution in [3.05, 3.63) is 29.8 Å². The van der Waals surface area contributed by atoms with E-state index in [4.69, 9.17) is 4.74 Å². The maximum Gasteiger partial charge on any atom is 0.323 e. The van der Waals surface area contributed by atoms with Crippen LogP contribution in [0.15, 0.2) is 29.2 Å². The second kappa shape index (κ2) is 8.29. The number of carbonyl (C=O) groups is 1. The number of esters is 1. The first kappa shape index (κ1) is 18.6. The molecule has 0 aliphatic heterocycles. The molecule has 1 unspecified atom stereocenters. The van der Waals surface area contributed by atoms with Crippen molar-refractivity contribution in [2.45, 2.75) is 51.5 Å². The third kappa shape index (κ3) is 5.77. The van der Waals surface area contributed by atoms with Crippen LogP contribution in [0.5, 0.6) is 0 Å². The molecule has 6 heteroatoms. The molecule has 0 radical (unpaired) electrons. The summed E-state index contributed by atoms with van der Waals surface area (Å²) in [7, 11) is -3.73. The fourth-order valence-electron chi connectivity index (χ4n) is 1.85. The molecular formula is C16H25NO4S. The molecule has 0 spiro atoms. The van der Waals surface area contributed by atoms with Gasteiger partial charge in [-0.3, -0.25) is 4.79 Å². The van der Waals surface area contributed by atoms with Gasteiger partial charge in [-0.2, -0.15) is 4.72 Å². The van der Waals surface area contributed by atoms with Gasteiger partial charge in [0.05, 0.1) is 11.5 Å². The Hall–Kier alpha value is -1.40. The van der Waals surface area contributed by atoms with Gasteiger partial charge in [-0.1, -0.05) is 39.3 Å². The molecule has 0 fully saturated rings. The van der Waals surface area contributed by atoms with Crippen LogP contribution in [0.4, 0.5) is 0 Å². The number of carbonyl (C=O) groups excluding carboxylic acids is 1. The van der Waals surface area contributed by atoms with E-state index in [0.29, 0.717) is 0 Å². The average Bonchev–Trinajstić information content (AvgIpc) is 2.45. The van der Waals surface area contributed by atoms with E-state index >= 15 is 0 Å². The van der Waals surface area contributed by atoms with Gasteiger partial charge in [0.2, 0.25) is 10.0 Å². The van der Waals surface area contributed by atoms with E-state index in [1.165, 1.54) is 6.92 Å². The van der Waals surface area contributed by atoms with Gasteiger partial charge in [0.15, 0.2) is 0 Å². The normalized spacial score (nSPS) is 13.1. The molecule has 0 aliphatic carbocycles. The van der Waals surface area contributed by atoms with E-state index in [1.807, 2.05) is 13.8 Å². The topological polar surface area (TPSA) is 72.5 Å². The highest BCUT2D eigenvalue weighted by Gasteiger charge is 2.23. The zero-order valence-electron chi connectivity index (χ0n) is 13.6. The molecule has 1 aromatic rings. The third-order valence-electron chi connectivity index (χ3n) is 3.02. The molecule has 0 aliphatic rings. The largest absolute Gasteiger partial charge is 0.464 e. The standard InChI is InChI=1S/C16H25NO4S/c1-5-6-14-7-9-15(10-8-14)22(19,20)17-13(4)16(18)21-11-12(2)3/h7-10,12-13,17H,5-6,11H2,1-4H3. The molecule has 5 nitrogen and oxygen atoms in total. The van der Waals surface area contributed by atoms with Crippen molar-refractivity contribution in [1.82, 2.24) is 4.72 Å². The lowest BCUT2D eigenvalue weighted by Gasteiger charge is -2.15. The summed E-state index contributed by atoms with van der Waals surface area (Å²) < 4.78 is 31.8. The molecule has 1 N–H and O–H groups in total. The molecule has 0 aromatic heterocycles. The molecule has 1 rings (SSSR count). The number of hydrogen-bond acceptors (Lipinski definition) is 4. The highest BCUT2D eigenvalue weighted by Crippen LogP contribution is 2.12. The van der Waals surface area contributed by atoms with Gasteiger partial charge in [-0.05, 0) is 37.0 Å². The Labute approximate surface area is 133 Å². The molecule has 0 saturated carbocycles. The number of aryl methyl sites for hydroxylation is 1. The fraction of sp³-hybridized carbons (Fsp3) is 0.562. The van der Waals surface area contributed by atoms with Crippen LogP contribution in [0.25, 0.3) is 0 Å². The van der Waals surface area contributed by atoms with Crippen LogP contribution in [-0.4, -0.2) is 27.0 Å². The number of hydrogen-bond donors (Lipinski definition) is 1. The monoisotopic (exact) mass is 327 g/mol. The van der Waals surface area contributed by atoms with Crippen LogP contribution in [0.3, 0.4) is 0 Å². The number of benzene rings is 1. The smallest absolute Gasteiger partial charge is 0.323 e. The first-order valence-corrected chi connectivity index (χ1v) is 9.02. The number of ether oxygens (including phenoxy) is 1. The molecular weight excluding hydrogens is 302 g/mol. The van der Waals surface area contributed by atoms with Crippen LogP contribution in [0.2, 0.25) is 0 Å². The highest BCUT2D eigenvalue weighted by atomic mass is 32.2. The van der Waals surface area contributed by atoms with Crippen molar-refractivity contribution in [3.63, 3.8) is 0 Å². The average molecular weight is 327 g/mol. The Bertz CT molecular complexity index is 579. The Balaban J connectivity index is 2.71. The predicted molar refractivity (Wildman–Crippen MR) is 86.0 cm³/mol. The van der Waals surface area contributed by atoms with E-state index in [1.54, 1.807) is 24.3 Å². The number of rotatable bonds is 8. The quantitative estimate of drug-likeness (QED) is 0.745. The van der Waals surface area contributed by atoms with E-state index in [2.05, 4.69) is 11.6 Å². The van der Waals surface area contributed by atoms with Gasteiger partial charge in [-0.25, -0.2) is 8.42 Å². The first-order chi connectivity index (χ1) is 10.3. The van der Waals surface area contributed by atoms with Crippen molar-refractivity contribution in [3.8, 4) is 0 Å². The van der Waals surface area contributed by atoms with Gasteiger partial charge in [0.1, 0.15) is 6.04 Å². The maximum atomic E-state index is 12.2. The molecule has 0 saturated heterocycles. The van der Waals surface area contributed by atoms with Crippen molar-refractivity contribution < 1.29 is 17.9 Å². The second-order valence-corrected chi connectivity index (χ2v) is 7.47. The van der Waals surface area contributed by atoms with Crippen molar-refractivity contribution >= 4 is 16.0 Å². The zero-order chi connectivity index (χ0) is 16.8. The van der Waals surface area contributed by atoms with E-state index < -0.39 is 22.0 Å². The minimum atomic E-state index is -3.73. The lowest BCUT2D eigenvalue weighted by atomic mass is 10.1. The molecule has 22 heavy (non-hydrogen) atoms. The fourth-order valence-corrected chi connectivity index (χ4v) is 3.04. The predicted octanol–water partition coefficient (Wildman–Crippen LogP) is 2.51. The van der Waals surface area contributed by atoms with Gasteiger partial charge < -0.3 is 4.74 Å². The highest BCUT2D eigenvalue weighted by molar-refractivity contribution is 7.89. The summed E-state index contributed by atoms with van der Waals surface area (Å²) in [5.41, 5.74) is 1.09. The van der Waals surface area contributed by atoms with Crippen molar-refractivity contribution in [2.75, 3.05) is 6.61 Å². The second-order valence-electron chi connectivity index (χ2n) is 5.76. The van der Waals surface area contributed by atoms with Gasteiger partial charge >= 0.3 is 5.97 Å². The van der Waals surface area contributed by atoms with E-state index in [0.717, 1.165) is 18.4 Å². The molecule has 1 atom stereocenters. The van der Waals surface area contributed by atoms with Gasteiger partial charge in [0, 0.05) is 0 Å². The Morgan fingerprint density at radius 2 is 1.77 bits per heavy atom. The summed E-state index contributed by atoms with van der Waals surface area (Å²) in [6.07, 6.45) is 1.91. The minimum Gasteiger partial charge on any atom is -0.464 e. The van der Waals surface area contributed by atoms with Crippen LogP contribution in [0.1, 0.15) is 39.7 Å². The molecule has 0 amide bonds. The summed E-state index contributed by atoms with van der Waals surface area (Å²) in [5.74, 6) is -0.362. The van der Waals surface area contributed by atoms with Crippen LogP contribution < -0.4 is 4.72 Å². The maximum absolute atomic E-state index is 12.2. The van der Waals surface area contributed by atoms with E-state index in [-0.39, 0.29) is 17.4 Å². The Morgan fingerprint density at radius 3 is 2.27 bits per heavy atom. The van der Waals surface area contributed by atoms with Crippen LogP contribution in [-0.2, 0) is 26.0 Å². The van der Waals surface area contributed by atoms with Gasteiger partial charge in [0.25, 0.3) is 0 Å². The van der Waals surface area contributed by atoms with Crippen molar-refractivity contribution in [2.24, 2.45) is 5.92 Å². The van der Waals surface area contributed by atoms with E-state index in [9.17, 15) is 13.2 Å². The number of nitrogens with one attached hydrogen (secondary N) is 1. The Kier molecular flexibility index (Phi) is 7.03. The number of sulfonamides is 1. The summed E-state index contributed by atoms with van der Waals surface area (Å²) in [6.45, 7) is 7.65. The Morgan fingerprint density at radius 1 is 1.18 bits per heavy atom. The lowest BCUT2D eigenvalue weighted by Crippen LogP contribution is -2.39. The summed E-state index contributed by atoms with van der Waals surface area (Å²) in [4.78, 5) is 11.9. The summed E-state index contributed by atoms with van der Waals surface area (Å²) in [5, 5.41) is 0. The van der Waals surface area contributed by atoms with Crippen molar-refractivity contribution in [1.29, 1.82) is 0 Å². The SMILES string of the molecule is CCCc1ccc(S(=O)(=O)NC(C)C(=O)OCC(C)C)cc1. The molecule has 124 valence electrons. The lowest BCUT2D eigenvalue weighted by molar-refractivity contribution is -0.146. The van der Waals surface area contributed by atoms with Gasteiger partial charge in [-0.15, -0.1) is 0 Å². The van der Waals surface area contributed by atoms with Crippen LogP contribution >= 0.6 is 0 Å². The van der Waals surface area contributed by atoms with Crippen LogP contribution in [0, 0.1) is 5.92 Å². The molecule has 1 aromatic carbocycles. The third-order valence-corrected chi connectivity index (χ3v) is 4.57. The molecule has 0 bridgehead atoms. The summed E-state index contributed by atoms with van der Waals surface area (Å²) in [6, 6.07) is 5.78. The minimum absolute atomic E-state index is 0.149. The first-order valence-electron chi connectivity index (χ1n) is 7.54.